The predicted octanol–water partition coefficient (Wildman–Crippen LogP) is 4.36. The van der Waals surface area contributed by atoms with E-state index in [1.54, 1.807) is 12.3 Å². The molecule has 0 unspecified atom stereocenters. The van der Waals surface area contributed by atoms with Gasteiger partial charge in [-0.2, -0.15) is 0 Å². The minimum atomic E-state index is -0.518. The number of esters is 1. The number of hydrogen-bond acceptors (Lipinski definition) is 5. The number of hydrogen-bond donors (Lipinski definition) is 1. The summed E-state index contributed by atoms with van der Waals surface area (Å²) in [6.07, 6.45) is 1.72. The Morgan fingerprint density at radius 1 is 1.38 bits per heavy atom. The molecule has 0 aliphatic rings. The Kier molecular flexibility index (Phi) is 4.85. The number of benzene rings is 1. The number of carbonyl (C=O) groups excluding carboxylic acids is 1. The van der Waals surface area contributed by atoms with Gasteiger partial charge in [0.05, 0.1) is 12.1 Å². The maximum atomic E-state index is 12.2. The summed E-state index contributed by atoms with van der Waals surface area (Å²) in [5.41, 5.74) is 0.731. The second-order valence-electron chi connectivity index (χ2n) is 5.48. The molecule has 0 aliphatic carbocycles. The zero-order chi connectivity index (χ0) is 15.5. The van der Waals surface area contributed by atoms with Crippen molar-refractivity contribution in [3.8, 4) is 0 Å². The molecule has 0 radical (unpaired) electrons. The van der Waals surface area contributed by atoms with Crippen LogP contribution in [0.25, 0.3) is 0 Å². The highest BCUT2D eigenvalue weighted by atomic mass is 35.5. The van der Waals surface area contributed by atoms with Crippen LogP contribution in [0, 0.1) is 0 Å². The summed E-state index contributed by atoms with van der Waals surface area (Å²) in [5.74, 6) is -0.340. The van der Waals surface area contributed by atoms with Crippen molar-refractivity contribution >= 4 is 34.6 Å². The van der Waals surface area contributed by atoms with Gasteiger partial charge in [-0.1, -0.05) is 23.7 Å². The van der Waals surface area contributed by atoms with E-state index in [-0.39, 0.29) is 5.97 Å². The van der Waals surface area contributed by atoms with Gasteiger partial charge in [-0.25, -0.2) is 9.78 Å². The van der Waals surface area contributed by atoms with Crippen LogP contribution in [0.2, 0.25) is 4.47 Å². The van der Waals surface area contributed by atoms with Crippen LogP contribution in [0.1, 0.15) is 36.0 Å². The third-order valence-corrected chi connectivity index (χ3v) is 3.64. The van der Waals surface area contributed by atoms with Crippen LogP contribution in [0.15, 0.2) is 30.5 Å². The lowest BCUT2D eigenvalue weighted by molar-refractivity contribution is 0.00707. The highest BCUT2D eigenvalue weighted by molar-refractivity contribution is 7.15. The molecule has 0 fully saturated rings. The lowest BCUT2D eigenvalue weighted by Crippen LogP contribution is -2.24. The molecule has 1 N–H and O–H groups in total. The lowest BCUT2D eigenvalue weighted by atomic mass is 10.1. The largest absolute Gasteiger partial charge is 0.456 e. The predicted molar refractivity (Wildman–Crippen MR) is 86.1 cm³/mol. The number of para-hydroxylation sites is 1. The number of carbonyl (C=O) groups is 1. The molecule has 2 aromatic rings. The number of ether oxygens (including phenoxy) is 1. The van der Waals surface area contributed by atoms with Crippen LogP contribution in [-0.2, 0) is 11.3 Å². The van der Waals surface area contributed by atoms with Crippen molar-refractivity contribution in [1.29, 1.82) is 0 Å². The molecule has 1 heterocycles. The first-order valence-electron chi connectivity index (χ1n) is 6.51. The van der Waals surface area contributed by atoms with E-state index >= 15 is 0 Å². The summed E-state index contributed by atoms with van der Waals surface area (Å²) in [6, 6.07) is 7.28. The third kappa shape index (κ3) is 4.72. The van der Waals surface area contributed by atoms with E-state index < -0.39 is 5.60 Å². The molecule has 1 aromatic carbocycles. The molecular formula is C15H17ClN2O2S. The maximum absolute atomic E-state index is 12.2. The topological polar surface area (TPSA) is 51.2 Å². The Morgan fingerprint density at radius 3 is 2.71 bits per heavy atom. The Balaban J connectivity index is 2.11. The zero-order valence-corrected chi connectivity index (χ0v) is 13.7. The summed E-state index contributed by atoms with van der Waals surface area (Å²) < 4.78 is 5.92. The fourth-order valence-electron chi connectivity index (χ4n) is 1.70. The van der Waals surface area contributed by atoms with Crippen LogP contribution >= 0.6 is 22.9 Å². The van der Waals surface area contributed by atoms with Gasteiger partial charge in [0.2, 0.25) is 0 Å². The van der Waals surface area contributed by atoms with E-state index in [1.807, 2.05) is 39.0 Å². The second kappa shape index (κ2) is 6.45. The van der Waals surface area contributed by atoms with E-state index in [4.69, 9.17) is 16.3 Å². The Labute approximate surface area is 133 Å². The number of thiazole rings is 1. The molecule has 6 heteroatoms. The first kappa shape index (κ1) is 15.8. The minimum absolute atomic E-state index is 0.340. The Morgan fingerprint density at radius 2 is 2.10 bits per heavy atom. The fourth-order valence-corrected chi connectivity index (χ4v) is 2.61. The van der Waals surface area contributed by atoms with Gasteiger partial charge in [-0.3, -0.25) is 0 Å². The fraction of sp³-hybridized carbons (Fsp3) is 0.333. The zero-order valence-electron chi connectivity index (χ0n) is 12.1. The molecule has 0 atom stereocenters. The lowest BCUT2D eigenvalue weighted by Gasteiger charge is -2.20. The van der Waals surface area contributed by atoms with Crippen LogP contribution in [0.3, 0.4) is 0 Å². The van der Waals surface area contributed by atoms with Gasteiger partial charge in [0.15, 0.2) is 4.47 Å². The summed E-state index contributed by atoms with van der Waals surface area (Å²) in [5, 5.41) is 3.22. The third-order valence-electron chi connectivity index (χ3n) is 2.52. The Hall–Kier alpha value is -1.59. The van der Waals surface area contributed by atoms with E-state index in [9.17, 15) is 4.79 Å². The smallest absolute Gasteiger partial charge is 0.340 e. The maximum Gasteiger partial charge on any atom is 0.340 e. The van der Waals surface area contributed by atoms with Gasteiger partial charge in [-0.05, 0) is 32.9 Å². The van der Waals surface area contributed by atoms with Gasteiger partial charge in [-0.15, -0.1) is 11.3 Å². The molecule has 0 bridgehead atoms. The first-order chi connectivity index (χ1) is 9.85. The monoisotopic (exact) mass is 324 g/mol. The Bertz CT molecular complexity index is 635. The van der Waals surface area contributed by atoms with Crippen molar-refractivity contribution in [1.82, 2.24) is 4.98 Å². The van der Waals surface area contributed by atoms with Crippen molar-refractivity contribution in [3.05, 3.63) is 45.4 Å². The van der Waals surface area contributed by atoms with Crippen molar-refractivity contribution in [3.63, 3.8) is 0 Å². The molecular weight excluding hydrogens is 308 g/mol. The quantitative estimate of drug-likeness (QED) is 0.849. The number of anilines is 1. The van der Waals surface area contributed by atoms with E-state index in [2.05, 4.69) is 10.3 Å². The molecule has 112 valence electrons. The number of nitrogens with zero attached hydrogens (tertiary/aromatic N) is 1. The highest BCUT2D eigenvalue weighted by Gasteiger charge is 2.20. The van der Waals surface area contributed by atoms with Crippen molar-refractivity contribution in [2.75, 3.05) is 5.32 Å². The average molecular weight is 325 g/mol. The second-order valence-corrected chi connectivity index (χ2v) is 7.18. The summed E-state index contributed by atoms with van der Waals surface area (Å²) in [6.45, 7) is 6.10. The summed E-state index contributed by atoms with van der Waals surface area (Å²) in [7, 11) is 0. The van der Waals surface area contributed by atoms with E-state index in [0.29, 0.717) is 16.6 Å². The van der Waals surface area contributed by atoms with Gasteiger partial charge in [0.25, 0.3) is 0 Å². The SMILES string of the molecule is CC(C)(C)OC(=O)c1ccccc1NCc1cnc(Cl)s1. The van der Waals surface area contributed by atoms with Crippen LogP contribution in [0.4, 0.5) is 5.69 Å². The van der Waals surface area contributed by atoms with Crippen LogP contribution in [-0.4, -0.2) is 16.6 Å². The average Bonchev–Trinajstić information content (AvgIpc) is 2.80. The molecule has 0 aliphatic heterocycles. The molecule has 0 spiro atoms. The number of halogens is 1. The van der Waals surface area contributed by atoms with Crippen molar-refractivity contribution in [2.24, 2.45) is 0 Å². The molecule has 0 saturated heterocycles. The van der Waals surface area contributed by atoms with E-state index in [0.717, 1.165) is 10.6 Å². The molecule has 4 nitrogen and oxygen atoms in total. The molecule has 0 amide bonds. The van der Waals surface area contributed by atoms with Gasteiger partial charge < -0.3 is 10.1 Å². The van der Waals surface area contributed by atoms with Gasteiger partial charge in [0.1, 0.15) is 5.60 Å². The highest BCUT2D eigenvalue weighted by Crippen LogP contribution is 2.22. The van der Waals surface area contributed by atoms with Crippen molar-refractivity contribution < 1.29 is 9.53 Å². The first-order valence-corrected chi connectivity index (χ1v) is 7.71. The number of nitrogens with one attached hydrogen (secondary N) is 1. The molecule has 0 saturated carbocycles. The molecule has 21 heavy (non-hydrogen) atoms. The summed E-state index contributed by atoms with van der Waals surface area (Å²) in [4.78, 5) is 17.2. The van der Waals surface area contributed by atoms with Gasteiger partial charge >= 0.3 is 5.97 Å². The minimum Gasteiger partial charge on any atom is -0.456 e. The standard InChI is InChI=1S/C15H17ClN2O2S/c1-15(2,3)20-13(19)11-6-4-5-7-12(11)17-8-10-9-18-14(16)21-10/h4-7,9,17H,8H2,1-3H3. The molecule has 1 aromatic heterocycles. The van der Waals surface area contributed by atoms with Gasteiger partial charge in [0, 0.05) is 16.8 Å². The number of rotatable bonds is 4. The number of aromatic nitrogens is 1. The van der Waals surface area contributed by atoms with Crippen LogP contribution in [0.5, 0.6) is 0 Å². The van der Waals surface area contributed by atoms with Crippen LogP contribution < -0.4 is 5.32 Å². The summed E-state index contributed by atoms with van der Waals surface area (Å²) >= 11 is 7.21. The van der Waals surface area contributed by atoms with E-state index in [1.165, 1.54) is 11.3 Å². The molecule has 2 rings (SSSR count). The van der Waals surface area contributed by atoms with Crippen molar-refractivity contribution in [2.45, 2.75) is 32.9 Å². The normalized spacial score (nSPS) is 11.2.